The van der Waals surface area contributed by atoms with E-state index in [4.69, 9.17) is 0 Å². The smallest absolute Gasteiger partial charge is 0.125 e. The summed E-state index contributed by atoms with van der Waals surface area (Å²) < 4.78 is 14.1. The van der Waals surface area contributed by atoms with E-state index >= 15 is 0 Å². The predicted molar refractivity (Wildman–Crippen MR) is 100.0 cm³/mol. The minimum absolute atomic E-state index is 0.112. The van der Waals surface area contributed by atoms with Crippen molar-refractivity contribution in [3.8, 4) is 0 Å². The number of anilines is 1. The fourth-order valence-corrected chi connectivity index (χ4v) is 2.84. The van der Waals surface area contributed by atoms with Gasteiger partial charge in [-0.3, -0.25) is 0 Å². The first-order valence-electron chi connectivity index (χ1n) is 8.33. The highest BCUT2D eigenvalue weighted by Crippen LogP contribution is 2.30. The molecule has 0 saturated carbocycles. The predicted octanol–water partition coefficient (Wildman–Crippen LogP) is 5.25. The van der Waals surface area contributed by atoms with Crippen molar-refractivity contribution in [2.45, 2.75) is 25.5 Å². The number of rotatable bonds is 5. The molecule has 3 rings (SSSR count). The average molecular weight is 335 g/mol. The van der Waals surface area contributed by atoms with Crippen LogP contribution in [0, 0.1) is 5.82 Å². The van der Waals surface area contributed by atoms with Crippen molar-refractivity contribution >= 4 is 5.69 Å². The molecule has 2 N–H and O–H groups in total. The fraction of sp³-hybridized carbons (Fsp3) is 0.182. The molecule has 0 amide bonds. The van der Waals surface area contributed by atoms with Crippen molar-refractivity contribution in [2.24, 2.45) is 0 Å². The molecular weight excluding hydrogens is 313 g/mol. The molecule has 0 aromatic heterocycles. The molecule has 3 heteroatoms. The van der Waals surface area contributed by atoms with Crippen LogP contribution < -0.4 is 5.32 Å². The van der Waals surface area contributed by atoms with Crippen LogP contribution in [-0.2, 0) is 5.60 Å². The molecule has 25 heavy (non-hydrogen) atoms. The quantitative estimate of drug-likeness (QED) is 0.667. The largest absolute Gasteiger partial charge is 0.386 e. The Morgan fingerprint density at radius 3 is 1.84 bits per heavy atom. The Morgan fingerprint density at radius 1 is 0.840 bits per heavy atom. The topological polar surface area (TPSA) is 32.3 Å². The van der Waals surface area contributed by atoms with Crippen LogP contribution in [0.2, 0.25) is 0 Å². The lowest BCUT2D eigenvalue weighted by molar-refractivity contribution is 0.0783. The van der Waals surface area contributed by atoms with Gasteiger partial charge >= 0.3 is 0 Å². The van der Waals surface area contributed by atoms with Crippen LogP contribution in [0.3, 0.4) is 0 Å². The van der Waals surface area contributed by atoms with Gasteiger partial charge in [-0.15, -0.1) is 0 Å². The summed E-state index contributed by atoms with van der Waals surface area (Å²) in [6.45, 7) is 3.30. The maximum absolute atomic E-state index is 14.1. The number of halogens is 1. The summed E-state index contributed by atoms with van der Waals surface area (Å²) >= 11 is 0. The lowest BCUT2D eigenvalue weighted by Crippen LogP contribution is -2.17. The summed E-state index contributed by atoms with van der Waals surface area (Å²) in [4.78, 5) is 0. The second-order valence-corrected chi connectivity index (χ2v) is 6.69. The summed E-state index contributed by atoms with van der Waals surface area (Å²) in [6.07, 6.45) is 0. The number of hydrogen-bond donors (Lipinski definition) is 2. The van der Waals surface area contributed by atoms with E-state index < -0.39 is 5.60 Å². The molecule has 2 nitrogen and oxygen atoms in total. The molecule has 3 aromatic carbocycles. The zero-order chi connectivity index (χ0) is 17.9. The molecule has 0 radical (unpaired) electrons. The van der Waals surface area contributed by atoms with Crippen molar-refractivity contribution in [3.63, 3.8) is 0 Å². The Labute approximate surface area is 148 Å². The number of aliphatic hydroxyl groups is 1. The molecular formula is C22H22FNO. The molecule has 3 aromatic rings. The van der Waals surface area contributed by atoms with Crippen molar-refractivity contribution in [1.82, 2.24) is 0 Å². The van der Waals surface area contributed by atoms with Gasteiger partial charge in [0.15, 0.2) is 0 Å². The molecule has 0 heterocycles. The molecule has 0 unspecified atom stereocenters. The van der Waals surface area contributed by atoms with Crippen molar-refractivity contribution < 1.29 is 9.50 Å². The SMILES string of the molecule is CC(C)(O)c1cc(F)cc(NC(c2ccccc2)c2ccccc2)c1. The standard InChI is InChI=1S/C22H22FNO/c1-22(2,25)18-13-19(23)15-20(14-18)24-21(16-9-5-3-6-10-16)17-11-7-4-8-12-17/h3-15,21,24-25H,1-2H3. The van der Waals surface area contributed by atoms with Crippen molar-refractivity contribution in [3.05, 3.63) is 101 Å². The van der Waals surface area contributed by atoms with Gasteiger partial charge in [-0.1, -0.05) is 60.7 Å². The van der Waals surface area contributed by atoms with Gasteiger partial charge in [0.2, 0.25) is 0 Å². The Balaban J connectivity index is 2.01. The summed E-state index contributed by atoms with van der Waals surface area (Å²) in [6, 6.07) is 24.6. The van der Waals surface area contributed by atoms with E-state index in [1.54, 1.807) is 19.9 Å². The molecule has 0 spiro atoms. The fourth-order valence-electron chi connectivity index (χ4n) is 2.84. The van der Waals surface area contributed by atoms with Gasteiger partial charge in [0.25, 0.3) is 0 Å². The summed E-state index contributed by atoms with van der Waals surface area (Å²) in [5.41, 5.74) is 2.24. The summed E-state index contributed by atoms with van der Waals surface area (Å²) in [5, 5.41) is 13.6. The summed E-state index contributed by atoms with van der Waals surface area (Å²) in [7, 11) is 0. The second-order valence-electron chi connectivity index (χ2n) is 6.69. The molecule has 0 aliphatic rings. The molecule has 0 saturated heterocycles. The maximum atomic E-state index is 14.1. The van der Waals surface area contributed by atoms with Gasteiger partial charge in [0.1, 0.15) is 5.82 Å². The number of hydrogen-bond acceptors (Lipinski definition) is 2. The highest BCUT2D eigenvalue weighted by Gasteiger charge is 2.19. The van der Waals surface area contributed by atoms with Crippen LogP contribution in [0.25, 0.3) is 0 Å². The van der Waals surface area contributed by atoms with E-state index in [1.165, 1.54) is 12.1 Å². The van der Waals surface area contributed by atoms with E-state index in [9.17, 15) is 9.50 Å². The third kappa shape index (κ3) is 4.25. The lowest BCUT2D eigenvalue weighted by atomic mass is 9.96. The third-order valence-electron chi connectivity index (χ3n) is 4.18. The summed E-state index contributed by atoms with van der Waals surface area (Å²) in [5.74, 6) is -0.373. The Bertz CT molecular complexity index is 786. The first-order valence-corrected chi connectivity index (χ1v) is 8.33. The van der Waals surface area contributed by atoms with Crippen molar-refractivity contribution in [1.29, 1.82) is 0 Å². The Morgan fingerprint density at radius 2 is 1.36 bits per heavy atom. The number of nitrogens with one attached hydrogen (secondary N) is 1. The highest BCUT2D eigenvalue weighted by molar-refractivity contribution is 5.52. The van der Waals surface area contributed by atoms with Crippen molar-refractivity contribution in [2.75, 3.05) is 5.32 Å². The van der Waals surface area contributed by atoms with E-state index in [2.05, 4.69) is 5.32 Å². The number of benzene rings is 3. The normalized spacial score (nSPS) is 11.6. The van der Waals surface area contributed by atoms with Gasteiger partial charge in [-0.2, -0.15) is 0 Å². The molecule has 0 aliphatic carbocycles. The van der Waals surface area contributed by atoms with E-state index in [1.807, 2.05) is 60.7 Å². The average Bonchev–Trinajstić information content (AvgIpc) is 2.60. The minimum Gasteiger partial charge on any atom is -0.386 e. The first kappa shape index (κ1) is 17.2. The molecule has 0 atom stereocenters. The van der Waals surface area contributed by atoms with Crippen LogP contribution in [0.4, 0.5) is 10.1 Å². The van der Waals surface area contributed by atoms with E-state index in [-0.39, 0.29) is 11.9 Å². The van der Waals surface area contributed by atoms with Crippen LogP contribution in [-0.4, -0.2) is 5.11 Å². The van der Waals surface area contributed by atoms with Gasteiger partial charge in [-0.05, 0) is 48.7 Å². The third-order valence-corrected chi connectivity index (χ3v) is 4.18. The molecule has 0 bridgehead atoms. The monoisotopic (exact) mass is 335 g/mol. The molecule has 0 fully saturated rings. The van der Waals surface area contributed by atoms with Crippen LogP contribution in [0.5, 0.6) is 0 Å². The second kappa shape index (κ2) is 7.08. The Hall–Kier alpha value is -2.65. The van der Waals surface area contributed by atoms with Gasteiger partial charge in [0.05, 0.1) is 11.6 Å². The Kier molecular flexibility index (Phi) is 4.86. The zero-order valence-corrected chi connectivity index (χ0v) is 14.4. The van der Waals surface area contributed by atoms with Gasteiger partial charge in [0, 0.05) is 5.69 Å². The van der Waals surface area contributed by atoms with Crippen LogP contribution >= 0.6 is 0 Å². The molecule has 0 aliphatic heterocycles. The highest BCUT2D eigenvalue weighted by atomic mass is 19.1. The van der Waals surface area contributed by atoms with E-state index in [0.717, 1.165) is 11.1 Å². The first-order chi connectivity index (χ1) is 11.9. The van der Waals surface area contributed by atoms with E-state index in [0.29, 0.717) is 11.3 Å². The zero-order valence-electron chi connectivity index (χ0n) is 14.4. The van der Waals surface area contributed by atoms with Gasteiger partial charge < -0.3 is 10.4 Å². The lowest BCUT2D eigenvalue weighted by Gasteiger charge is -2.23. The molecule has 128 valence electrons. The minimum atomic E-state index is -1.10. The van der Waals surface area contributed by atoms with Gasteiger partial charge in [-0.25, -0.2) is 4.39 Å². The maximum Gasteiger partial charge on any atom is 0.125 e. The van der Waals surface area contributed by atoms with Crippen LogP contribution in [0.15, 0.2) is 78.9 Å². The van der Waals surface area contributed by atoms with Crippen LogP contribution in [0.1, 0.15) is 36.6 Å².